The first-order chi connectivity index (χ1) is 10.3. The van der Waals surface area contributed by atoms with Gasteiger partial charge < -0.3 is 10.2 Å². The average Bonchev–Trinajstić information content (AvgIpc) is 2.52. The Balaban J connectivity index is 1.57. The normalized spacial score (nSPS) is 16.2. The van der Waals surface area contributed by atoms with E-state index in [1.165, 1.54) is 38.9 Å². The van der Waals surface area contributed by atoms with Crippen LogP contribution in [0.1, 0.15) is 25.7 Å². The van der Waals surface area contributed by atoms with Crippen LogP contribution in [-0.2, 0) is 0 Å². The predicted octanol–water partition coefficient (Wildman–Crippen LogP) is 3.57. The number of likely N-dealkylation sites (tertiary alicyclic amines) is 1. The molecule has 0 amide bonds. The lowest BCUT2D eigenvalue weighted by atomic mass is 10.1. The highest BCUT2D eigenvalue weighted by atomic mass is 35.5. The number of hydrogen-bond acceptors (Lipinski definition) is 4. The highest BCUT2D eigenvalue weighted by Gasteiger charge is 2.09. The number of hydrogen-bond donors (Lipinski definition) is 1. The topological polar surface area (TPSA) is 41.0 Å². The number of aromatic nitrogens is 2. The molecule has 2 aromatic rings. The zero-order chi connectivity index (χ0) is 14.5. The number of rotatable bonds is 5. The maximum Gasteiger partial charge on any atom is 0.162 e. The number of anilines is 1. The van der Waals surface area contributed by atoms with Crippen LogP contribution in [0.2, 0.25) is 5.15 Å². The van der Waals surface area contributed by atoms with Crippen LogP contribution >= 0.6 is 11.6 Å². The Hall–Kier alpha value is -1.39. The van der Waals surface area contributed by atoms with E-state index in [0.717, 1.165) is 24.0 Å². The van der Waals surface area contributed by atoms with Gasteiger partial charge in [-0.1, -0.05) is 18.0 Å². The first kappa shape index (κ1) is 14.5. The van der Waals surface area contributed by atoms with Gasteiger partial charge in [-0.15, -0.1) is 0 Å². The summed E-state index contributed by atoms with van der Waals surface area (Å²) >= 11 is 6.06. The minimum atomic E-state index is 0.486. The lowest BCUT2D eigenvalue weighted by molar-refractivity contribution is 0.228. The van der Waals surface area contributed by atoms with Crippen LogP contribution < -0.4 is 5.32 Å². The standard InChI is InChI=1S/C16H21ClN4/c17-15-12-14(13-6-4-7-19-16(13)20-15)18-8-5-11-21-9-2-1-3-10-21/h4,6-7,12H,1-3,5,8-11H2,(H,18,19,20). The van der Waals surface area contributed by atoms with Crippen LogP contribution in [0.5, 0.6) is 0 Å². The van der Waals surface area contributed by atoms with Crippen molar-refractivity contribution < 1.29 is 0 Å². The van der Waals surface area contributed by atoms with Gasteiger partial charge in [0.25, 0.3) is 0 Å². The first-order valence-electron chi connectivity index (χ1n) is 7.70. The molecule has 1 fully saturated rings. The molecule has 1 aliphatic rings. The molecule has 3 rings (SSSR count). The van der Waals surface area contributed by atoms with Crippen molar-refractivity contribution in [2.24, 2.45) is 0 Å². The SMILES string of the molecule is Clc1cc(NCCCN2CCCCC2)c2cccnc2n1. The summed E-state index contributed by atoms with van der Waals surface area (Å²) in [6.45, 7) is 4.63. The number of piperidine rings is 1. The Morgan fingerprint density at radius 1 is 1.24 bits per heavy atom. The molecule has 3 heterocycles. The van der Waals surface area contributed by atoms with Crippen molar-refractivity contribution in [2.75, 3.05) is 31.5 Å². The molecule has 0 aliphatic carbocycles. The zero-order valence-corrected chi connectivity index (χ0v) is 12.9. The van der Waals surface area contributed by atoms with E-state index >= 15 is 0 Å². The highest BCUT2D eigenvalue weighted by molar-refractivity contribution is 6.30. The van der Waals surface area contributed by atoms with Crippen molar-refractivity contribution in [3.05, 3.63) is 29.5 Å². The van der Waals surface area contributed by atoms with Crippen LogP contribution in [0.3, 0.4) is 0 Å². The summed E-state index contributed by atoms with van der Waals surface area (Å²) in [5, 5.41) is 4.99. The Bertz CT molecular complexity index is 596. The van der Waals surface area contributed by atoms with E-state index < -0.39 is 0 Å². The molecule has 0 unspecified atom stereocenters. The average molecular weight is 305 g/mol. The second kappa shape index (κ2) is 7.05. The summed E-state index contributed by atoms with van der Waals surface area (Å²) in [5.74, 6) is 0. The molecule has 112 valence electrons. The second-order valence-corrected chi connectivity index (χ2v) is 5.94. The van der Waals surface area contributed by atoms with Gasteiger partial charge in [0.15, 0.2) is 5.65 Å². The van der Waals surface area contributed by atoms with Crippen molar-refractivity contribution >= 4 is 28.3 Å². The maximum absolute atomic E-state index is 6.06. The number of pyridine rings is 2. The van der Waals surface area contributed by atoms with E-state index in [4.69, 9.17) is 11.6 Å². The molecule has 0 radical (unpaired) electrons. The Labute approximate surface area is 130 Å². The van der Waals surface area contributed by atoms with Gasteiger partial charge in [0.05, 0.1) is 0 Å². The molecule has 21 heavy (non-hydrogen) atoms. The molecule has 1 saturated heterocycles. The van der Waals surface area contributed by atoms with Crippen LogP contribution in [0, 0.1) is 0 Å². The van der Waals surface area contributed by atoms with Gasteiger partial charge in [0, 0.05) is 23.8 Å². The van der Waals surface area contributed by atoms with E-state index in [1.807, 2.05) is 18.2 Å². The lowest BCUT2D eigenvalue weighted by Crippen LogP contribution is -2.31. The molecular weight excluding hydrogens is 284 g/mol. The molecule has 0 saturated carbocycles. The summed E-state index contributed by atoms with van der Waals surface area (Å²) < 4.78 is 0. The third kappa shape index (κ3) is 3.83. The molecule has 5 heteroatoms. The number of fused-ring (bicyclic) bond motifs is 1. The van der Waals surface area contributed by atoms with Gasteiger partial charge >= 0.3 is 0 Å². The summed E-state index contributed by atoms with van der Waals surface area (Å²) in [6.07, 6.45) is 6.98. The molecular formula is C16H21ClN4. The van der Waals surface area contributed by atoms with Crippen LogP contribution in [0.4, 0.5) is 5.69 Å². The minimum absolute atomic E-state index is 0.486. The fourth-order valence-electron chi connectivity index (χ4n) is 2.88. The third-order valence-electron chi connectivity index (χ3n) is 3.97. The lowest BCUT2D eigenvalue weighted by Gasteiger charge is -2.26. The predicted molar refractivity (Wildman–Crippen MR) is 87.9 cm³/mol. The zero-order valence-electron chi connectivity index (χ0n) is 12.2. The van der Waals surface area contributed by atoms with Crippen LogP contribution in [-0.4, -0.2) is 41.0 Å². The molecule has 2 aromatic heterocycles. The summed E-state index contributed by atoms with van der Waals surface area (Å²) in [7, 11) is 0. The van der Waals surface area contributed by atoms with Gasteiger partial charge in [0.2, 0.25) is 0 Å². The quantitative estimate of drug-likeness (QED) is 0.677. The van der Waals surface area contributed by atoms with E-state index in [9.17, 15) is 0 Å². The van der Waals surface area contributed by atoms with Crippen molar-refractivity contribution in [1.29, 1.82) is 0 Å². The van der Waals surface area contributed by atoms with Gasteiger partial charge in [-0.3, -0.25) is 0 Å². The Morgan fingerprint density at radius 3 is 2.95 bits per heavy atom. The monoisotopic (exact) mass is 304 g/mol. The molecule has 0 aromatic carbocycles. The molecule has 1 aliphatic heterocycles. The van der Waals surface area contributed by atoms with E-state index in [2.05, 4.69) is 20.2 Å². The molecule has 4 nitrogen and oxygen atoms in total. The van der Waals surface area contributed by atoms with Gasteiger partial charge in [-0.25, -0.2) is 9.97 Å². The number of halogens is 1. The van der Waals surface area contributed by atoms with Crippen molar-refractivity contribution in [3.8, 4) is 0 Å². The van der Waals surface area contributed by atoms with Crippen LogP contribution in [0.25, 0.3) is 11.0 Å². The van der Waals surface area contributed by atoms with Crippen molar-refractivity contribution in [2.45, 2.75) is 25.7 Å². The largest absolute Gasteiger partial charge is 0.384 e. The van der Waals surface area contributed by atoms with Crippen molar-refractivity contribution in [3.63, 3.8) is 0 Å². The fraction of sp³-hybridized carbons (Fsp3) is 0.500. The van der Waals surface area contributed by atoms with E-state index in [-0.39, 0.29) is 0 Å². The Kier molecular flexibility index (Phi) is 4.88. The van der Waals surface area contributed by atoms with Gasteiger partial charge in [-0.05, 0) is 57.1 Å². The van der Waals surface area contributed by atoms with E-state index in [1.54, 1.807) is 6.20 Å². The summed E-state index contributed by atoms with van der Waals surface area (Å²) in [4.78, 5) is 11.1. The maximum atomic E-state index is 6.06. The van der Waals surface area contributed by atoms with Crippen LogP contribution in [0.15, 0.2) is 24.4 Å². The Morgan fingerprint density at radius 2 is 2.10 bits per heavy atom. The van der Waals surface area contributed by atoms with Gasteiger partial charge in [0.1, 0.15) is 5.15 Å². The van der Waals surface area contributed by atoms with Gasteiger partial charge in [-0.2, -0.15) is 0 Å². The third-order valence-corrected chi connectivity index (χ3v) is 4.16. The highest BCUT2D eigenvalue weighted by Crippen LogP contribution is 2.23. The fourth-order valence-corrected chi connectivity index (χ4v) is 3.07. The molecule has 1 N–H and O–H groups in total. The smallest absolute Gasteiger partial charge is 0.162 e. The van der Waals surface area contributed by atoms with Crippen molar-refractivity contribution in [1.82, 2.24) is 14.9 Å². The molecule has 0 spiro atoms. The number of nitrogens with one attached hydrogen (secondary N) is 1. The summed E-state index contributed by atoms with van der Waals surface area (Å²) in [6, 6.07) is 5.84. The summed E-state index contributed by atoms with van der Waals surface area (Å²) in [5.41, 5.74) is 1.72. The van der Waals surface area contributed by atoms with E-state index in [0.29, 0.717) is 10.8 Å². The first-order valence-corrected chi connectivity index (χ1v) is 8.08. The number of nitrogens with zero attached hydrogens (tertiary/aromatic N) is 3. The minimum Gasteiger partial charge on any atom is -0.384 e. The molecule has 0 bridgehead atoms. The molecule has 0 atom stereocenters. The second-order valence-electron chi connectivity index (χ2n) is 5.55.